The number of nitrogens with zero attached hydrogens (tertiary/aromatic N) is 1. The van der Waals surface area contributed by atoms with E-state index in [2.05, 4.69) is 0 Å². The summed E-state index contributed by atoms with van der Waals surface area (Å²) in [6, 6.07) is -1.14. The van der Waals surface area contributed by atoms with Crippen molar-refractivity contribution in [2.45, 2.75) is 180 Å². The number of aliphatic hydroxyl groups is 3. The molecule has 1 saturated carbocycles. The van der Waals surface area contributed by atoms with E-state index in [4.69, 9.17) is 38.6 Å². The topological polar surface area (TPSA) is 302 Å². The molecule has 0 aromatic rings. The van der Waals surface area contributed by atoms with Crippen LogP contribution in [0.1, 0.15) is 126 Å². The number of esters is 1. The molecular weight excluding hydrogens is 972 g/mol. The number of aliphatic hydroxyl groups excluding tert-OH is 2. The molecule has 414 valence electrons. The zero-order chi connectivity index (χ0) is 55.0. The standard InChI is InChI=1S/C51H79NO13.CH4NO5P/c1-30-16-12-11-13-17-31(2)42(61-8)28-38-21-19-36(7)51(60,65-38)48(57)49(58)52-23-15-14-18-39(52)50(59)64-43(33(4)26-37-20-22-40(53)44(27-37)62-9)29-41(54)32(3)25-35(6)46(56)47(63-10)45(55)34(5)24-30;3-1(4)2-8(5,6)7/h11-13,16-17,25,30,32-34,36-40,42-44,46-47,53,56,60H,14-15,18-24,26-29H2,1-10H3;(H,3,4)(H3,2,5,6,7)/b13-11?,16-12+,31-17?,35-25+;/t30-,32-,33-,34-,36-,37+,38+,39+,40-,42+,43+,44-,46-,47+,51-;/m1./s1. The number of methoxy groups -OCH3 is 3. The lowest BCUT2D eigenvalue weighted by Crippen LogP contribution is -2.61. The Bertz CT molecular complexity index is 2050. The number of rotatable bonds is 7. The van der Waals surface area contributed by atoms with Gasteiger partial charge in [0.05, 0.1) is 24.4 Å². The number of carboxylic acid groups (broad SMARTS) is 1. The van der Waals surface area contributed by atoms with Crippen molar-refractivity contribution in [3.8, 4) is 0 Å². The van der Waals surface area contributed by atoms with Crippen LogP contribution in [0.5, 0.6) is 0 Å². The van der Waals surface area contributed by atoms with Crippen molar-refractivity contribution < 1.29 is 87.2 Å². The Labute approximate surface area is 430 Å². The summed E-state index contributed by atoms with van der Waals surface area (Å²) in [5.41, 5.74) is 1.27. The molecule has 0 unspecified atom stereocenters. The van der Waals surface area contributed by atoms with E-state index in [1.807, 2.05) is 58.1 Å². The second-order valence-corrected chi connectivity index (χ2v) is 21.9. The summed E-state index contributed by atoms with van der Waals surface area (Å²) in [6.45, 7) is 12.7. The quantitative estimate of drug-likeness (QED) is 0.0714. The number of carbonyl (C=O) groups is 6. The van der Waals surface area contributed by atoms with Crippen molar-refractivity contribution in [2.75, 3.05) is 27.9 Å². The predicted octanol–water partition coefficient (Wildman–Crippen LogP) is 5.53. The number of hydrogen-bond donors (Lipinski definition) is 7. The highest BCUT2D eigenvalue weighted by atomic mass is 31.2. The monoisotopic (exact) mass is 1050 g/mol. The summed E-state index contributed by atoms with van der Waals surface area (Å²) in [7, 11) is -0.0512. The van der Waals surface area contributed by atoms with Crippen molar-refractivity contribution in [1.82, 2.24) is 9.99 Å². The van der Waals surface area contributed by atoms with Gasteiger partial charge in [-0.1, -0.05) is 71.1 Å². The maximum Gasteiger partial charge on any atom is 0.432 e. The number of ether oxygens (including phenoxy) is 5. The molecule has 0 aromatic heterocycles. The normalized spacial score (nSPS) is 36.0. The largest absolute Gasteiger partial charge is 0.465 e. The number of amides is 2. The summed E-state index contributed by atoms with van der Waals surface area (Å²) >= 11 is 0. The van der Waals surface area contributed by atoms with Crippen LogP contribution < -0.4 is 5.09 Å². The molecule has 7 N–H and O–H groups in total. The fraction of sp³-hybridized carbons (Fsp3) is 0.731. The number of cyclic esters (lactones) is 1. The molecule has 20 nitrogen and oxygen atoms in total. The van der Waals surface area contributed by atoms with Crippen LogP contribution in [0.3, 0.4) is 0 Å². The van der Waals surface area contributed by atoms with E-state index < -0.39 is 97.7 Å². The van der Waals surface area contributed by atoms with E-state index >= 15 is 0 Å². The molecule has 4 aliphatic rings. The SMILES string of the molecule is CO[C@H]1C[C@@H]2CC[C@@H](C)[C@@](O)(O2)C(=O)C(=O)N2CCCC[C@H]2C(=O)O[C@H]([C@H](C)C[C@@H]2CC[C@@H](O)[C@H](OC)C2)CC(=O)[C@H](C)/C=C(\C)[C@@H](O)[C@@H](OC)C(=O)[C@H](C)C[C@H](C)/C=C/C=CC=C1C.O=C(O)NP(=O)(O)O. The summed E-state index contributed by atoms with van der Waals surface area (Å²) in [5, 5.41) is 42.4. The van der Waals surface area contributed by atoms with Gasteiger partial charge in [0, 0.05) is 58.5 Å². The average molecular weight is 1060 g/mol. The van der Waals surface area contributed by atoms with Gasteiger partial charge >= 0.3 is 19.8 Å². The van der Waals surface area contributed by atoms with Gasteiger partial charge < -0.3 is 58.8 Å². The molecule has 0 spiro atoms. The minimum atomic E-state index is -4.57. The fourth-order valence-corrected chi connectivity index (χ4v) is 10.5. The molecule has 0 aromatic carbocycles. The van der Waals surface area contributed by atoms with E-state index in [0.717, 1.165) is 17.1 Å². The highest BCUT2D eigenvalue weighted by Crippen LogP contribution is 2.38. The van der Waals surface area contributed by atoms with Crippen molar-refractivity contribution in [3.05, 3.63) is 47.6 Å². The Balaban J connectivity index is 0.00000161. The highest BCUT2D eigenvalue weighted by molar-refractivity contribution is 7.50. The zero-order valence-electron chi connectivity index (χ0n) is 44.2. The molecule has 3 fully saturated rings. The van der Waals surface area contributed by atoms with Gasteiger partial charge in [0.1, 0.15) is 30.1 Å². The predicted molar refractivity (Wildman–Crippen MR) is 268 cm³/mol. The molecule has 73 heavy (non-hydrogen) atoms. The summed E-state index contributed by atoms with van der Waals surface area (Å²) in [4.78, 5) is 96.8. The van der Waals surface area contributed by atoms with E-state index in [-0.39, 0.29) is 54.8 Å². The lowest BCUT2D eigenvalue weighted by molar-refractivity contribution is -0.265. The van der Waals surface area contributed by atoms with Gasteiger partial charge in [0.15, 0.2) is 5.78 Å². The first-order valence-corrected chi connectivity index (χ1v) is 27.0. The molecule has 0 radical (unpaired) electrons. The van der Waals surface area contributed by atoms with E-state index in [1.165, 1.54) is 12.0 Å². The van der Waals surface area contributed by atoms with E-state index in [0.29, 0.717) is 63.4 Å². The average Bonchev–Trinajstić information content (AvgIpc) is 3.32. The maximum atomic E-state index is 14.4. The Morgan fingerprint density at radius 2 is 1.58 bits per heavy atom. The number of allylic oxidation sites excluding steroid dienone is 6. The first-order valence-electron chi connectivity index (χ1n) is 25.4. The van der Waals surface area contributed by atoms with Gasteiger partial charge in [0.25, 0.3) is 11.7 Å². The van der Waals surface area contributed by atoms with Crippen LogP contribution in [0.2, 0.25) is 0 Å². The summed E-state index contributed by atoms with van der Waals surface area (Å²) in [6.07, 6.45) is 9.45. The minimum Gasteiger partial charge on any atom is -0.465 e. The zero-order valence-corrected chi connectivity index (χ0v) is 45.1. The van der Waals surface area contributed by atoms with Gasteiger partial charge in [-0.05, 0) is 107 Å². The fourth-order valence-electron chi connectivity index (χ4n) is 10.2. The van der Waals surface area contributed by atoms with Crippen LogP contribution in [0.15, 0.2) is 47.6 Å². The lowest BCUT2D eigenvalue weighted by atomic mass is 9.78. The number of ketones is 3. The molecule has 21 heteroatoms. The molecular formula is C52H83N2O18P. The third-order valence-electron chi connectivity index (χ3n) is 14.7. The van der Waals surface area contributed by atoms with Gasteiger partial charge in [-0.3, -0.25) is 19.2 Å². The molecule has 2 saturated heterocycles. The number of hydrogen-bond acceptors (Lipinski definition) is 15. The smallest absolute Gasteiger partial charge is 0.432 e. The molecule has 2 amide bonds. The van der Waals surface area contributed by atoms with Crippen LogP contribution in [-0.2, 0) is 52.2 Å². The lowest BCUT2D eigenvalue weighted by Gasteiger charge is -2.42. The van der Waals surface area contributed by atoms with Crippen molar-refractivity contribution >= 4 is 43.1 Å². The Morgan fingerprint density at radius 1 is 0.890 bits per heavy atom. The van der Waals surface area contributed by atoms with Crippen molar-refractivity contribution in [1.29, 1.82) is 0 Å². The second kappa shape index (κ2) is 29.4. The third kappa shape index (κ3) is 19.0. The van der Waals surface area contributed by atoms with Crippen LogP contribution in [0, 0.1) is 35.5 Å². The van der Waals surface area contributed by atoms with Crippen molar-refractivity contribution in [2.24, 2.45) is 35.5 Å². The van der Waals surface area contributed by atoms with Crippen LogP contribution >= 0.6 is 7.75 Å². The molecule has 4 rings (SSSR count). The third-order valence-corrected chi connectivity index (χ3v) is 15.2. The van der Waals surface area contributed by atoms with Crippen LogP contribution in [0.25, 0.3) is 0 Å². The van der Waals surface area contributed by atoms with Crippen molar-refractivity contribution in [3.63, 3.8) is 0 Å². The van der Waals surface area contributed by atoms with Crippen LogP contribution in [-0.4, -0.2) is 153 Å². The summed E-state index contributed by atoms with van der Waals surface area (Å²) in [5.74, 6) is -7.96. The van der Waals surface area contributed by atoms with Gasteiger partial charge in [-0.25, -0.2) is 19.2 Å². The van der Waals surface area contributed by atoms with Crippen LogP contribution in [0.4, 0.5) is 4.79 Å². The summed E-state index contributed by atoms with van der Waals surface area (Å²) < 4.78 is 39.0. The highest BCUT2D eigenvalue weighted by Gasteiger charge is 2.53. The molecule has 1 aliphatic carbocycles. The number of Topliss-reactive ketones (excluding diaryl/α,β-unsaturated/α-hetero) is 3. The second-order valence-electron chi connectivity index (χ2n) is 20.6. The Hall–Kier alpha value is -3.95. The number of piperidine rings is 1. The Kier molecular flexibility index (Phi) is 25.5. The van der Waals surface area contributed by atoms with Gasteiger partial charge in [-0.2, -0.15) is 0 Å². The number of nitrogens with one attached hydrogen (secondary N) is 1. The maximum absolute atomic E-state index is 14.4. The van der Waals surface area contributed by atoms with Gasteiger partial charge in [-0.15, -0.1) is 0 Å². The number of carbonyl (C=O) groups excluding carboxylic acids is 5. The first kappa shape index (κ1) is 63.3. The Morgan fingerprint density at radius 3 is 2.18 bits per heavy atom. The first-order chi connectivity index (χ1) is 34.2. The van der Waals surface area contributed by atoms with E-state index in [9.17, 15) is 48.7 Å². The number of fused-ring (bicyclic) bond motifs is 3. The van der Waals surface area contributed by atoms with Gasteiger partial charge in [0.2, 0.25) is 5.79 Å². The minimum absolute atomic E-state index is 0.0193. The molecule has 3 aliphatic heterocycles. The molecule has 15 atom stereocenters. The molecule has 2 bridgehead atoms. The molecule has 3 heterocycles. The van der Waals surface area contributed by atoms with E-state index in [1.54, 1.807) is 41.1 Å².